The Balaban J connectivity index is 2.34. The molecule has 106 valence electrons. The number of fused-ring (bicyclic) bond motifs is 1. The zero-order valence-electron chi connectivity index (χ0n) is 9.18. The zero-order chi connectivity index (χ0) is 14.3. The van der Waals surface area contributed by atoms with Crippen LogP contribution in [0.4, 0.5) is 8.78 Å². The van der Waals surface area contributed by atoms with Crippen LogP contribution in [0.15, 0.2) is 16.6 Å². The number of hydrogen-bond acceptors (Lipinski definition) is 5. The van der Waals surface area contributed by atoms with Crippen molar-refractivity contribution in [1.29, 1.82) is 0 Å². The summed E-state index contributed by atoms with van der Waals surface area (Å²) in [6.45, 7) is -2.68. The first-order valence-corrected chi connectivity index (χ1v) is 7.60. The van der Waals surface area contributed by atoms with Crippen LogP contribution in [0.2, 0.25) is 5.15 Å². The van der Waals surface area contributed by atoms with Crippen molar-refractivity contribution in [1.82, 2.24) is 14.1 Å². The van der Waals surface area contributed by atoms with Crippen molar-refractivity contribution in [2.75, 3.05) is 13.2 Å². The molecule has 11 heteroatoms. The van der Waals surface area contributed by atoms with E-state index in [0.717, 1.165) is 11.3 Å². The molecule has 0 amide bonds. The Kier molecular flexibility index (Phi) is 3.80. The van der Waals surface area contributed by atoms with Crippen LogP contribution in [-0.4, -0.2) is 42.0 Å². The lowest BCUT2D eigenvalue weighted by Gasteiger charge is -2.13. The Morgan fingerprint density at radius 2 is 2.26 bits per heavy atom. The van der Waals surface area contributed by atoms with Gasteiger partial charge < -0.3 is 5.11 Å². The molecule has 0 radical (unpaired) electrons. The van der Waals surface area contributed by atoms with Gasteiger partial charge in [0.2, 0.25) is 0 Å². The SMILES string of the molecule is O=S(=O)(NCC(F)(F)CO)c1c(Cl)nc2sccn12. The first-order valence-electron chi connectivity index (χ1n) is 4.86. The number of aliphatic hydroxyl groups is 1. The van der Waals surface area contributed by atoms with Gasteiger partial charge in [-0.15, -0.1) is 11.3 Å². The Hall–Kier alpha value is -0.810. The number of aliphatic hydroxyl groups excluding tert-OH is 1. The number of halogens is 3. The second-order valence-electron chi connectivity index (χ2n) is 3.60. The van der Waals surface area contributed by atoms with Crippen molar-refractivity contribution in [3.05, 3.63) is 16.7 Å². The summed E-state index contributed by atoms with van der Waals surface area (Å²) in [6, 6.07) is 0. The van der Waals surface area contributed by atoms with Gasteiger partial charge in [0, 0.05) is 11.6 Å². The fourth-order valence-electron chi connectivity index (χ4n) is 1.30. The molecule has 0 aliphatic heterocycles. The number of rotatable bonds is 5. The lowest BCUT2D eigenvalue weighted by molar-refractivity contribution is -0.0437. The van der Waals surface area contributed by atoms with E-state index < -0.39 is 34.1 Å². The second kappa shape index (κ2) is 4.94. The van der Waals surface area contributed by atoms with Crippen LogP contribution in [0.5, 0.6) is 0 Å². The van der Waals surface area contributed by atoms with Crippen molar-refractivity contribution in [2.45, 2.75) is 10.9 Å². The molecule has 0 unspecified atom stereocenters. The van der Waals surface area contributed by atoms with Crippen molar-refractivity contribution in [3.8, 4) is 0 Å². The molecule has 6 nitrogen and oxygen atoms in total. The summed E-state index contributed by atoms with van der Waals surface area (Å²) in [4.78, 5) is 4.13. The van der Waals surface area contributed by atoms with Crippen LogP contribution >= 0.6 is 22.9 Å². The zero-order valence-corrected chi connectivity index (χ0v) is 11.6. The van der Waals surface area contributed by atoms with E-state index in [1.165, 1.54) is 10.6 Å². The largest absolute Gasteiger partial charge is 0.390 e. The fourth-order valence-corrected chi connectivity index (χ4v) is 3.81. The van der Waals surface area contributed by atoms with Crippen molar-refractivity contribution < 1.29 is 22.3 Å². The highest BCUT2D eigenvalue weighted by molar-refractivity contribution is 7.89. The normalized spacial score (nSPS) is 13.3. The average molecular weight is 332 g/mol. The molecule has 0 saturated heterocycles. The predicted octanol–water partition coefficient (Wildman–Crippen LogP) is 0.955. The number of imidazole rings is 1. The van der Waals surface area contributed by atoms with Crippen molar-refractivity contribution in [2.24, 2.45) is 0 Å². The van der Waals surface area contributed by atoms with E-state index in [-0.39, 0.29) is 5.15 Å². The van der Waals surface area contributed by atoms with Gasteiger partial charge in [-0.25, -0.2) is 26.9 Å². The van der Waals surface area contributed by atoms with Gasteiger partial charge in [0.15, 0.2) is 15.1 Å². The first kappa shape index (κ1) is 14.6. The van der Waals surface area contributed by atoms with Crippen LogP contribution < -0.4 is 4.72 Å². The molecular formula is C8H8ClF2N3O3S2. The maximum absolute atomic E-state index is 12.8. The summed E-state index contributed by atoms with van der Waals surface area (Å²) in [7, 11) is -4.25. The lowest BCUT2D eigenvalue weighted by Crippen LogP contribution is -2.39. The number of aromatic nitrogens is 2. The molecule has 0 aliphatic rings. The van der Waals surface area contributed by atoms with E-state index in [9.17, 15) is 17.2 Å². The number of thiazole rings is 1. The fraction of sp³-hybridized carbons (Fsp3) is 0.375. The van der Waals surface area contributed by atoms with Crippen LogP contribution in [-0.2, 0) is 10.0 Å². The molecule has 2 heterocycles. The van der Waals surface area contributed by atoms with E-state index in [1.807, 2.05) is 0 Å². The van der Waals surface area contributed by atoms with Gasteiger partial charge in [0.1, 0.15) is 6.61 Å². The molecule has 0 aliphatic carbocycles. The highest BCUT2D eigenvalue weighted by atomic mass is 35.5. The summed E-state index contributed by atoms with van der Waals surface area (Å²) in [6.07, 6.45) is 1.41. The van der Waals surface area contributed by atoms with Gasteiger partial charge >= 0.3 is 0 Å². The smallest absolute Gasteiger partial charge is 0.283 e. The Labute approximate surface area is 115 Å². The maximum atomic E-state index is 12.8. The number of hydrogen-bond donors (Lipinski definition) is 2. The van der Waals surface area contributed by atoms with Crippen molar-refractivity contribution in [3.63, 3.8) is 0 Å². The Bertz CT molecular complexity index is 697. The van der Waals surface area contributed by atoms with E-state index in [0.29, 0.717) is 4.96 Å². The van der Waals surface area contributed by atoms with Crippen LogP contribution in [0.1, 0.15) is 0 Å². The molecule has 19 heavy (non-hydrogen) atoms. The van der Waals surface area contributed by atoms with E-state index in [2.05, 4.69) is 4.98 Å². The summed E-state index contributed by atoms with van der Waals surface area (Å²) in [5.41, 5.74) is 0. The van der Waals surface area contributed by atoms with Gasteiger partial charge in [-0.2, -0.15) is 0 Å². The lowest BCUT2D eigenvalue weighted by atomic mass is 10.4. The molecule has 0 spiro atoms. The molecule has 2 N–H and O–H groups in total. The number of sulfonamides is 1. The minimum Gasteiger partial charge on any atom is -0.390 e. The minimum atomic E-state index is -4.25. The number of nitrogens with zero attached hydrogens (tertiary/aromatic N) is 2. The molecule has 0 aromatic carbocycles. The quantitative estimate of drug-likeness (QED) is 0.854. The summed E-state index contributed by atoms with van der Waals surface area (Å²) in [5.74, 6) is -3.54. The molecule has 2 aromatic rings. The Morgan fingerprint density at radius 1 is 1.58 bits per heavy atom. The summed E-state index contributed by atoms with van der Waals surface area (Å²) >= 11 is 6.85. The van der Waals surface area contributed by atoms with Gasteiger partial charge in [0.05, 0.1) is 6.54 Å². The molecule has 0 atom stereocenters. The van der Waals surface area contributed by atoms with E-state index in [4.69, 9.17) is 16.7 Å². The van der Waals surface area contributed by atoms with Gasteiger partial charge in [-0.3, -0.25) is 4.40 Å². The topological polar surface area (TPSA) is 83.7 Å². The molecule has 2 aromatic heterocycles. The van der Waals surface area contributed by atoms with Gasteiger partial charge in [-0.1, -0.05) is 11.6 Å². The van der Waals surface area contributed by atoms with Crippen LogP contribution in [0.25, 0.3) is 4.96 Å². The Morgan fingerprint density at radius 3 is 2.89 bits per heavy atom. The third-order valence-electron chi connectivity index (χ3n) is 2.19. The van der Waals surface area contributed by atoms with Crippen LogP contribution in [0, 0.1) is 0 Å². The minimum absolute atomic E-state index is 0.299. The summed E-state index contributed by atoms with van der Waals surface area (Å²) in [5, 5.41) is 9.27. The van der Waals surface area contributed by atoms with Gasteiger partial charge in [0.25, 0.3) is 15.9 Å². The highest BCUT2D eigenvalue weighted by Crippen LogP contribution is 2.25. The highest BCUT2D eigenvalue weighted by Gasteiger charge is 2.32. The van der Waals surface area contributed by atoms with Crippen molar-refractivity contribution >= 4 is 37.9 Å². The standard InChI is InChI=1S/C8H8ClF2N3O3S2/c9-5-6(14-1-2-18-7(14)13-5)19(16,17)12-3-8(10,11)4-15/h1-2,12,15H,3-4H2. The molecule has 0 bridgehead atoms. The number of alkyl halides is 2. The third kappa shape index (κ3) is 2.87. The number of nitrogens with one attached hydrogen (secondary N) is 1. The average Bonchev–Trinajstić information content (AvgIpc) is 2.86. The summed E-state index contributed by atoms with van der Waals surface area (Å²) < 4.78 is 52.4. The predicted molar refractivity (Wildman–Crippen MR) is 65.3 cm³/mol. The maximum Gasteiger partial charge on any atom is 0.283 e. The first-order chi connectivity index (χ1) is 8.77. The van der Waals surface area contributed by atoms with Crippen LogP contribution in [0.3, 0.4) is 0 Å². The second-order valence-corrected chi connectivity index (χ2v) is 6.52. The molecular weight excluding hydrogens is 324 g/mol. The molecule has 0 saturated carbocycles. The molecule has 2 rings (SSSR count). The third-order valence-corrected chi connectivity index (χ3v) is 4.74. The molecule has 0 fully saturated rings. The monoisotopic (exact) mass is 331 g/mol. The van der Waals surface area contributed by atoms with E-state index in [1.54, 1.807) is 10.1 Å². The van der Waals surface area contributed by atoms with E-state index >= 15 is 0 Å². The van der Waals surface area contributed by atoms with Gasteiger partial charge in [-0.05, 0) is 0 Å².